The smallest absolute Gasteiger partial charge is 0.276 e. The molecule has 1 saturated heterocycles. The van der Waals surface area contributed by atoms with Crippen LogP contribution in [0.5, 0.6) is 0 Å². The van der Waals surface area contributed by atoms with Crippen molar-refractivity contribution in [2.75, 3.05) is 26.2 Å². The van der Waals surface area contributed by atoms with Gasteiger partial charge in [-0.15, -0.1) is 0 Å². The minimum Gasteiger partial charge on any atom is -0.445 e. The summed E-state index contributed by atoms with van der Waals surface area (Å²) in [5.74, 6) is 1.45. The molecule has 0 radical (unpaired) electrons. The Balaban J connectivity index is 2.18. The van der Waals surface area contributed by atoms with Gasteiger partial charge in [0.05, 0.1) is 0 Å². The van der Waals surface area contributed by atoms with Crippen LogP contribution in [-0.2, 0) is 0 Å². The van der Waals surface area contributed by atoms with Gasteiger partial charge in [0.25, 0.3) is 5.91 Å². The maximum absolute atomic E-state index is 12.2. The van der Waals surface area contributed by atoms with Gasteiger partial charge in [0.1, 0.15) is 5.76 Å². The second-order valence-electron chi connectivity index (χ2n) is 4.65. The molecule has 1 aromatic rings. The molecule has 17 heavy (non-hydrogen) atoms. The number of piperazine rings is 1. The Hall–Kier alpha value is -1.36. The van der Waals surface area contributed by atoms with E-state index in [0.717, 1.165) is 26.2 Å². The van der Waals surface area contributed by atoms with E-state index in [0.29, 0.717) is 17.3 Å². The molecule has 0 aliphatic carbocycles. The molecule has 0 atom stereocenters. The van der Waals surface area contributed by atoms with Crippen molar-refractivity contribution in [3.05, 3.63) is 17.3 Å². The Morgan fingerprint density at radius 3 is 2.59 bits per heavy atom. The highest BCUT2D eigenvalue weighted by atomic mass is 16.4. The highest BCUT2D eigenvalue weighted by Crippen LogP contribution is 2.19. The van der Waals surface area contributed by atoms with E-state index in [2.05, 4.69) is 10.3 Å². The molecule has 1 aliphatic rings. The Labute approximate surface area is 101 Å². The molecule has 0 saturated carbocycles. The first-order chi connectivity index (χ1) is 8.09. The molecule has 1 aliphatic heterocycles. The van der Waals surface area contributed by atoms with Crippen LogP contribution in [0.15, 0.2) is 4.42 Å². The molecule has 0 spiro atoms. The standard InChI is InChI=1S/C12H19N3O2/c1-8(2)11-14-10(9(3)17-11)12(16)15-6-4-13-5-7-15/h8,13H,4-7H2,1-3H3. The number of hydrogen-bond donors (Lipinski definition) is 1. The largest absolute Gasteiger partial charge is 0.445 e. The second-order valence-corrected chi connectivity index (χ2v) is 4.65. The summed E-state index contributed by atoms with van der Waals surface area (Å²) >= 11 is 0. The number of aryl methyl sites for hydroxylation is 1. The SMILES string of the molecule is Cc1oc(C(C)C)nc1C(=O)N1CCNCC1. The van der Waals surface area contributed by atoms with Gasteiger partial charge in [0.15, 0.2) is 11.6 Å². The van der Waals surface area contributed by atoms with Gasteiger partial charge in [-0.25, -0.2) is 4.98 Å². The van der Waals surface area contributed by atoms with Gasteiger partial charge >= 0.3 is 0 Å². The molecule has 0 aromatic carbocycles. The number of carbonyl (C=O) groups excluding carboxylic acids is 1. The summed E-state index contributed by atoms with van der Waals surface area (Å²) in [5, 5.41) is 3.22. The topological polar surface area (TPSA) is 58.4 Å². The average Bonchev–Trinajstić information content (AvgIpc) is 2.72. The molecule has 5 heteroatoms. The number of aromatic nitrogens is 1. The highest BCUT2D eigenvalue weighted by Gasteiger charge is 2.24. The summed E-state index contributed by atoms with van der Waals surface area (Å²) in [6.45, 7) is 8.98. The Morgan fingerprint density at radius 2 is 2.06 bits per heavy atom. The van der Waals surface area contributed by atoms with Crippen molar-refractivity contribution in [1.82, 2.24) is 15.2 Å². The van der Waals surface area contributed by atoms with Crippen LogP contribution in [0, 0.1) is 6.92 Å². The lowest BCUT2D eigenvalue weighted by atomic mass is 10.2. The molecule has 1 amide bonds. The van der Waals surface area contributed by atoms with Gasteiger partial charge in [0, 0.05) is 32.1 Å². The third-order valence-corrected chi connectivity index (χ3v) is 2.91. The molecule has 0 bridgehead atoms. The molecule has 2 heterocycles. The number of nitrogens with zero attached hydrogens (tertiary/aromatic N) is 2. The third kappa shape index (κ3) is 2.49. The van der Waals surface area contributed by atoms with E-state index in [4.69, 9.17) is 4.42 Å². The van der Waals surface area contributed by atoms with E-state index < -0.39 is 0 Å². The summed E-state index contributed by atoms with van der Waals surface area (Å²) in [6, 6.07) is 0. The zero-order valence-electron chi connectivity index (χ0n) is 10.6. The number of rotatable bonds is 2. The summed E-state index contributed by atoms with van der Waals surface area (Å²) < 4.78 is 5.51. The first-order valence-electron chi connectivity index (χ1n) is 6.07. The predicted molar refractivity (Wildman–Crippen MR) is 64.1 cm³/mol. The quantitative estimate of drug-likeness (QED) is 0.838. The van der Waals surface area contributed by atoms with Crippen LogP contribution < -0.4 is 5.32 Å². The monoisotopic (exact) mass is 237 g/mol. The Morgan fingerprint density at radius 1 is 1.41 bits per heavy atom. The number of hydrogen-bond acceptors (Lipinski definition) is 4. The predicted octanol–water partition coefficient (Wildman–Crippen LogP) is 1.15. The zero-order chi connectivity index (χ0) is 12.4. The van der Waals surface area contributed by atoms with Crippen molar-refractivity contribution in [3.63, 3.8) is 0 Å². The van der Waals surface area contributed by atoms with Crippen molar-refractivity contribution < 1.29 is 9.21 Å². The van der Waals surface area contributed by atoms with Crippen LogP contribution >= 0.6 is 0 Å². The van der Waals surface area contributed by atoms with E-state index >= 15 is 0 Å². The Bertz CT molecular complexity index is 406. The third-order valence-electron chi connectivity index (χ3n) is 2.91. The first kappa shape index (κ1) is 12.1. The highest BCUT2D eigenvalue weighted by molar-refractivity contribution is 5.93. The molecule has 5 nitrogen and oxygen atoms in total. The summed E-state index contributed by atoms with van der Waals surface area (Å²) in [6.07, 6.45) is 0. The van der Waals surface area contributed by atoms with E-state index in [1.54, 1.807) is 6.92 Å². The van der Waals surface area contributed by atoms with Gasteiger partial charge in [-0.1, -0.05) is 13.8 Å². The van der Waals surface area contributed by atoms with Crippen LogP contribution in [-0.4, -0.2) is 42.0 Å². The Kier molecular flexibility index (Phi) is 3.47. The van der Waals surface area contributed by atoms with E-state index in [1.807, 2.05) is 18.7 Å². The molecule has 1 N–H and O–H groups in total. The van der Waals surface area contributed by atoms with Crippen molar-refractivity contribution in [1.29, 1.82) is 0 Å². The summed E-state index contributed by atoms with van der Waals surface area (Å²) in [5.41, 5.74) is 0.468. The van der Waals surface area contributed by atoms with Gasteiger partial charge in [0.2, 0.25) is 0 Å². The normalized spacial score (nSPS) is 16.6. The van der Waals surface area contributed by atoms with Gasteiger partial charge < -0.3 is 14.6 Å². The fourth-order valence-electron chi connectivity index (χ4n) is 1.88. The van der Waals surface area contributed by atoms with Gasteiger partial charge in [-0.05, 0) is 6.92 Å². The van der Waals surface area contributed by atoms with Crippen LogP contribution in [0.3, 0.4) is 0 Å². The fourth-order valence-corrected chi connectivity index (χ4v) is 1.88. The van der Waals surface area contributed by atoms with E-state index in [1.165, 1.54) is 0 Å². The lowest BCUT2D eigenvalue weighted by Crippen LogP contribution is -2.46. The maximum atomic E-state index is 12.2. The van der Waals surface area contributed by atoms with Crippen molar-refractivity contribution in [2.24, 2.45) is 0 Å². The molecular weight excluding hydrogens is 218 g/mol. The number of nitrogens with one attached hydrogen (secondary N) is 1. The van der Waals surface area contributed by atoms with Gasteiger partial charge in [-0.3, -0.25) is 4.79 Å². The molecular formula is C12H19N3O2. The number of oxazole rings is 1. The minimum atomic E-state index is -0.0142. The molecule has 1 aromatic heterocycles. The zero-order valence-corrected chi connectivity index (χ0v) is 10.6. The second kappa shape index (κ2) is 4.87. The minimum absolute atomic E-state index is 0.0142. The van der Waals surface area contributed by atoms with E-state index in [9.17, 15) is 4.79 Å². The lowest BCUT2D eigenvalue weighted by Gasteiger charge is -2.26. The molecule has 2 rings (SSSR count). The van der Waals surface area contributed by atoms with Gasteiger partial charge in [-0.2, -0.15) is 0 Å². The van der Waals surface area contributed by atoms with E-state index in [-0.39, 0.29) is 11.8 Å². The summed E-state index contributed by atoms with van der Waals surface area (Å²) in [7, 11) is 0. The van der Waals surface area contributed by atoms with Crippen molar-refractivity contribution in [3.8, 4) is 0 Å². The van der Waals surface area contributed by atoms with Crippen LogP contribution in [0.1, 0.15) is 41.9 Å². The number of carbonyl (C=O) groups is 1. The van der Waals surface area contributed by atoms with Crippen LogP contribution in [0.2, 0.25) is 0 Å². The molecule has 94 valence electrons. The number of amides is 1. The first-order valence-corrected chi connectivity index (χ1v) is 6.07. The average molecular weight is 237 g/mol. The van der Waals surface area contributed by atoms with Crippen LogP contribution in [0.4, 0.5) is 0 Å². The maximum Gasteiger partial charge on any atom is 0.276 e. The summed E-state index contributed by atoms with van der Waals surface area (Å²) in [4.78, 5) is 18.4. The lowest BCUT2D eigenvalue weighted by molar-refractivity contribution is 0.0729. The van der Waals surface area contributed by atoms with Crippen molar-refractivity contribution >= 4 is 5.91 Å². The molecule has 1 fully saturated rings. The van der Waals surface area contributed by atoms with Crippen LogP contribution in [0.25, 0.3) is 0 Å². The molecule has 0 unspecified atom stereocenters. The van der Waals surface area contributed by atoms with Crippen molar-refractivity contribution in [2.45, 2.75) is 26.7 Å². The fraction of sp³-hybridized carbons (Fsp3) is 0.667.